The number of carbonyl (C=O) groups excluding carboxylic acids is 2. The van der Waals surface area contributed by atoms with E-state index in [1.807, 2.05) is 48.5 Å². The van der Waals surface area contributed by atoms with Crippen molar-refractivity contribution < 1.29 is 18.7 Å². The number of hydrogen-bond acceptors (Lipinski definition) is 8. The van der Waals surface area contributed by atoms with Gasteiger partial charge in [0.1, 0.15) is 5.82 Å². The Hall–Kier alpha value is -5.12. The fraction of sp³-hybridized carbons (Fsp3) is 0.143. The van der Waals surface area contributed by atoms with Crippen molar-refractivity contribution in [2.24, 2.45) is 0 Å². The molecule has 1 aliphatic rings. The van der Waals surface area contributed by atoms with Gasteiger partial charge in [0.05, 0.1) is 30.0 Å². The number of rotatable bonds is 7. The Morgan fingerprint density at radius 1 is 1.05 bits per heavy atom. The highest BCUT2D eigenvalue weighted by molar-refractivity contribution is 5.96. The zero-order chi connectivity index (χ0) is 26.6. The number of carbonyl (C=O) groups is 2. The van der Waals surface area contributed by atoms with Crippen LogP contribution in [-0.4, -0.2) is 28.0 Å². The molecule has 1 atom stereocenters. The Bertz CT molecular complexity index is 1560. The topological polar surface area (TPSA) is 127 Å². The number of hydrogen-bond donors (Lipinski definition) is 3. The normalized spacial score (nSPS) is 14.3. The zero-order valence-corrected chi connectivity index (χ0v) is 20.7. The van der Waals surface area contributed by atoms with Gasteiger partial charge in [-0.15, -0.1) is 0 Å². The smallest absolute Gasteiger partial charge is 0.355 e. The van der Waals surface area contributed by atoms with Crippen molar-refractivity contribution in [3.63, 3.8) is 0 Å². The summed E-state index contributed by atoms with van der Waals surface area (Å²) in [5, 5.41) is 3.24. The molecule has 0 fully saturated rings. The molecule has 3 heterocycles. The Balaban J connectivity index is 1.73. The lowest BCUT2D eigenvalue weighted by Crippen LogP contribution is -2.36. The third kappa shape index (κ3) is 4.55. The first kappa shape index (κ1) is 24.6. The van der Waals surface area contributed by atoms with E-state index in [1.54, 1.807) is 32.0 Å². The summed E-state index contributed by atoms with van der Waals surface area (Å²) >= 11 is 0. The molecule has 0 radical (unpaired) electrons. The van der Waals surface area contributed by atoms with Crippen LogP contribution in [0.25, 0.3) is 5.69 Å². The average molecular weight is 512 g/mol. The van der Waals surface area contributed by atoms with Gasteiger partial charge in [-0.1, -0.05) is 48.5 Å². The summed E-state index contributed by atoms with van der Waals surface area (Å²) < 4.78 is 12.0. The van der Waals surface area contributed by atoms with Crippen LogP contribution in [0.15, 0.2) is 99.5 Å². The van der Waals surface area contributed by atoms with Gasteiger partial charge in [0.2, 0.25) is 0 Å². The van der Waals surface area contributed by atoms with Crippen molar-refractivity contribution >= 4 is 23.5 Å². The number of esters is 1. The molecule has 0 spiro atoms. The minimum atomic E-state index is -0.669. The molecule has 3 N–H and O–H groups in total. The maximum Gasteiger partial charge on any atom is 0.355 e. The van der Waals surface area contributed by atoms with Crippen LogP contribution in [0.3, 0.4) is 0 Å². The first-order valence-electron chi connectivity index (χ1n) is 12.0. The van der Waals surface area contributed by atoms with Crippen molar-refractivity contribution in [1.82, 2.24) is 15.0 Å². The van der Waals surface area contributed by atoms with Crippen LogP contribution >= 0.6 is 0 Å². The molecule has 0 bridgehead atoms. The lowest BCUT2D eigenvalue weighted by molar-refractivity contribution is -0.138. The predicted molar refractivity (Wildman–Crippen MR) is 141 cm³/mol. The van der Waals surface area contributed by atoms with Crippen LogP contribution in [-0.2, 0) is 9.53 Å². The maximum atomic E-state index is 13.4. The molecule has 0 aliphatic carbocycles. The van der Waals surface area contributed by atoms with Gasteiger partial charge in [-0.05, 0) is 43.7 Å². The van der Waals surface area contributed by atoms with Crippen molar-refractivity contribution in [2.45, 2.75) is 19.8 Å². The van der Waals surface area contributed by atoms with Gasteiger partial charge in [0, 0.05) is 11.3 Å². The number of nitrogens with one attached hydrogen (secondary N) is 3. The molecule has 38 heavy (non-hydrogen) atoms. The molecule has 1 aliphatic heterocycles. The van der Waals surface area contributed by atoms with Gasteiger partial charge < -0.3 is 14.5 Å². The summed E-state index contributed by atoms with van der Waals surface area (Å²) in [7, 11) is 0. The van der Waals surface area contributed by atoms with E-state index < -0.39 is 23.5 Å². The number of nitrogens with zero attached hydrogens (tertiary/aromatic N) is 2. The lowest BCUT2D eigenvalue weighted by atomic mass is 9.81. The number of amides is 1. The van der Waals surface area contributed by atoms with Gasteiger partial charge in [-0.25, -0.2) is 14.2 Å². The van der Waals surface area contributed by atoms with E-state index in [9.17, 15) is 14.4 Å². The first-order chi connectivity index (χ1) is 18.5. The summed E-state index contributed by atoms with van der Waals surface area (Å²) in [6.45, 7) is 3.69. The zero-order valence-electron chi connectivity index (χ0n) is 20.7. The Labute approximate surface area is 217 Å². The molecule has 0 saturated heterocycles. The summed E-state index contributed by atoms with van der Waals surface area (Å²) in [4.78, 5) is 43.5. The summed E-state index contributed by atoms with van der Waals surface area (Å²) in [5.41, 5.74) is 7.48. The molecule has 0 saturated carbocycles. The van der Waals surface area contributed by atoms with Gasteiger partial charge in [-0.2, -0.15) is 4.98 Å². The highest BCUT2D eigenvalue weighted by Gasteiger charge is 2.38. The van der Waals surface area contributed by atoms with Crippen molar-refractivity contribution in [3.05, 3.63) is 118 Å². The van der Waals surface area contributed by atoms with E-state index in [4.69, 9.17) is 9.15 Å². The molecule has 1 amide bonds. The fourth-order valence-electron chi connectivity index (χ4n) is 4.49. The maximum absolute atomic E-state index is 13.4. The van der Waals surface area contributed by atoms with E-state index in [-0.39, 0.29) is 18.2 Å². The number of para-hydroxylation sites is 1. The average Bonchev–Trinajstić information content (AvgIpc) is 3.47. The molecule has 2 aromatic carbocycles. The Morgan fingerprint density at radius 3 is 2.42 bits per heavy atom. The minimum Gasteiger partial charge on any atom is -0.463 e. The van der Waals surface area contributed by atoms with Crippen LogP contribution in [0.2, 0.25) is 0 Å². The summed E-state index contributed by atoms with van der Waals surface area (Å²) in [6.07, 6.45) is 1.38. The standard InChI is InChI=1S/C28H25N5O5/c1-3-37-27(35)21-17(2)29-25-23(22(21)18-11-6-4-7-12-18)24(31-32-26(34)20-15-10-16-38-20)30-28(36)33(25)19-13-8-5-9-14-19/h4-16,22,29H,3H2,1-2H3,(H,32,34)(H,30,31,36). The largest absolute Gasteiger partial charge is 0.463 e. The second-order valence-electron chi connectivity index (χ2n) is 8.46. The van der Waals surface area contributed by atoms with Crippen molar-refractivity contribution in [1.29, 1.82) is 0 Å². The van der Waals surface area contributed by atoms with E-state index in [2.05, 4.69) is 21.2 Å². The number of ether oxygens (including phenoxy) is 1. The molecule has 4 aromatic rings. The van der Waals surface area contributed by atoms with Crippen LogP contribution in [0.4, 0.5) is 11.6 Å². The second-order valence-corrected chi connectivity index (χ2v) is 8.46. The van der Waals surface area contributed by atoms with Crippen molar-refractivity contribution in [2.75, 3.05) is 17.3 Å². The molecule has 10 nitrogen and oxygen atoms in total. The number of benzene rings is 2. The molecule has 1 unspecified atom stereocenters. The fourth-order valence-corrected chi connectivity index (χ4v) is 4.49. The molecular weight excluding hydrogens is 486 g/mol. The minimum absolute atomic E-state index is 0.0738. The molecular formula is C28H25N5O5. The summed E-state index contributed by atoms with van der Waals surface area (Å²) in [6, 6.07) is 21.5. The van der Waals surface area contributed by atoms with Crippen LogP contribution in [0.5, 0.6) is 0 Å². The van der Waals surface area contributed by atoms with E-state index in [0.717, 1.165) is 5.56 Å². The van der Waals surface area contributed by atoms with Gasteiger partial charge >= 0.3 is 17.6 Å². The van der Waals surface area contributed by atoms with Gasteiger partial charge in [0.15, 0.2) is 11.6 Å². The third-order valence-electron chi connectivity index (χ3n) is 6.10. The number of anilines is 2. The van der Waals surface area contributed by atoms with E-state index >= 15 is 0 Å². The van der Waals surface area contributed by atoms with E-state index in [1.165, 1.54) is 16.9 Å². The molecule has 192 valence electrons. The molecule has 2 aromatic heterocycles. The quantitative estimate of drug-likeness (QED) is 0.251. The number of aromatic nitrogens is 2. The monoisotopic (exact) mass is 511 g/mol. The molecule has 5 rings (SSSR count). The number of allylic oxidation sites excluding steroid dienone is 1. The number of furan rings is 1. The SMILES string of the molecule is CCOC(=O)C1=C(C)Nc2c(c(NNC(=O)c3ccco3)nc(=O)n2-c2ccccc2)C1c1ccccc1. The van der Waals surface area contributed by atoms with Crippen molar-refractivity contribution in [3.8, 4) is 5.69 Å². The van der Waals surface area contributed by atoms with E-state index in [0.29, 0.717) is 28.3 Å². The highest BCUT2D eigenvalue weighted by Crippen LogP contribution is 2.45. The lowest BCUT2D eigenvalue weighted by Gasteiger charge is -2.32. The van der Waals surface area contributed by atoms with Gasteiger partial charge in [0.25, 0.3) is 0 Å². The first-order valence-corrected chi connectivity index (χ1v) is 12.0. The van der Waals surface area contributed by atoms with Crippen LogP contribution in [0.1, 0.15) is 41.4 Å². The highest BCUT2D eigenvalue weighted by atomic mass is 16.5. The predicted octanol–water partition coefficient (Wildman–Crippen LogP) is 3.98. The van der Waals surface area contributed by atoms with Crippen LogP contribution in [0, 0.1) is 0 Å². The second kappa shape index (κ2) is 10.5. The van der Waals surface area contributed by atoms with Gasteiger partial charge in [-0.3, -0.25) is 15.6 Å². The Morgan fingerprint density at radius 2 is 1.76 bits per heavy atom. The number of hydrazine groups is 1. The van der Waals surface area contributed by atoms with Crippen LogP contribution < -0.4 is 21.9 Å². The third-order valence-corrected chi connectivity index (χ3v) is 6.10. The Kier molecular flexibility index (Phi) is 6.77. The summed E-state index contributed by atoms with van der Waals surface area (Å²) in [5.74, 6) is -1.17. The number of fused-ring (bicyclic) bond motifs is 1. The molecule has 10 heteroatoms.